The number of nitrogens with one attached hydrogen (secondary N) is 1. The molecule has 124 valence electrons. The third-order valence-electron chi connectivity index (χ3n) is 5.27. The van der Waals surface area contributed by atoms with Crippen LogP contribution in [0.2, 0.25) is 0 Å². The molecule has 0 saturated carbocycles. The minimum Gasteiger partial charge on any atom is -0.339 e. The summed E-state index contributed by atoms with van der Waals surface area (Å²) in [6.45, 7) is 6.73. The molecule has 3 rings (SSSR count). The summed E-state index contributed by atoms with van der Waals surface area (Å²) in [5.74, 6) is 0.495. The number of halogens is 1. The van der Waals surface area contributed by atoms with Crippen molar-refractivity contribution in [3.8, 4) is 6.07 Å². The molecule has 2 fully saturated rings. The number of nitriles is 1. The van der Waals surface area contributed by atoms with E-state index in [1.165, 1.54) is 0 Å². The first-order valence-corrected chi connectivity index (χ1v) is 8.10. The first kappa shape index (κ1) is 17.8. The number of nitrogens with zero attached hydrogens (tertiary/aromatic N) is 2. The highest BCUT2D eigenvalue weighted by Gasteiger charge is 2.54. The van der Waals surface area contributed by atoms with E-state index in [0.717, 1.165) is 38.0 Å². The second kappa shape index (κ2) is 6.90. The van der Waals surface area contributed by atoms with E-state index in [9.17, 15) is 4.79 Å². The molecule has 1 N–H and O–H groups in total. The highest BCUT2D eigenvalue weighted by molar-refractivity contribution is 5.87. The molecular formula is C18H24ClN3O. The van der Waals surface area contributed by atoms with Gasteiger partial charge in [0.15, 0.2) is 0 Å². The van der Waals surface area contributed by atoms with Crippen LogP contribution in [-0.2, 0) is 4.79 Å². The molecule has 1 spiro atoms. The number of carbonyl (C=O) groups is 1. The maximum absolute atomic E-state index is 13.1. The zero-order chi connectivity index (χ0) is 15.7. The highest BCUT2D eigenvalue weighted by Crippen LogP contribution is 2.50. The molecule has 0 radical (unpaired) electrons. The van der Waals surface area contributed by atoms with E-state index in [4.69, 9.17) is 5.26 Å². The van der Waals surface area contributed by atoms with Crippen molar-refractivity contribution in [2.75, 3.05) is 19.6 Å². The summed E-state index contributed by atoms with van der Waals surface area (Å²) in [6.07, 6.45) is 1.77. The number of amides is 1. The van der Waals surface area contributed by atoms with E-state index < -0.39 is 0 Å². The van der Waals surface area contributed by atoms with Gasteiger partial charge in [0.05, 0.1) is 17.0 Å². The molecule has 2 aliphatic rings. The minimum atomic E-state index is -0.288. The summed E-state index contributed by atoms with van der Waals surface area (Å²) in [7, 11) is 0. The van der Waals surface area contributed by atoms with Crippen LogP contribution in [0.25, 0.3) is 0 Å². The van der Waals surface area contributed by atoms with Crippen molar-refractivity contribution in [2.24, 2.45) is 5.41 Å². The summed E-state index contributed by atoms with van der Waals surface area (Å²) >= 11 is 0. The number of rotatable bonds is 2. The van der Waals surface area contributed by atoms with Gasteiger partial charge in [-0.2, -0.15) is 5.26 Å². The Bertz CT molecular complexity index is 617. The summed E-state index contributed by atoms with van der Waals surface area (Å²) in [6, 6.07) is 10.2. The lowest BCUT2D eigenvalue weighted by atomic mass is 9.68. The normalized spacial score (nSPS) is 23.0. The van der Waals surface area contributed by atoms with Crippen molar-refractivity contribution < 1.29 is 4.79 Å². The van der Waals surface area contributed by atoms with Gasteiger partial charge < -0.3 is 10.2 Å². The number of carbonyl (C=O) groups excluding carboxylic acids is 1. The smallest absolute Gasteiger partial charge is 0.229 e. The SMILES string of the molecule is CC(C)N1CC(c2cccc(C#N)c2)C2(CCNCC2)C1=O.Cl. The van der Waals surface area contributed by atoms with Gasteiger partial charge in [0.25, 0.3) is 0 Å². The number of hydrogen-bond acceptors (Lipinski definition) is 3. The Morgan fingerprint density at radius 3 is 2.65 bits per heavy atom. The van der Waals surface area contributed by atoms with Crippen LogP contribution in [0.15, 0.2) is 24.3 Å². The highest BCUT2D eigenvalue weighted by atomic mass is 35.5. The predicted octanol–water partition coefficient (Wildman–Crippen LogP) is 2.68. The van der Waals surface area contributed by atoms with Crippen LogP contribution in [0.4, 0.5) is 0 Å². The van der Waals surface area contributed by atoms with Crippen molar-refractivity contribution in [3.63, 3.8) is 0 Å². The second-order valence-corrected chi connectivity index (χ2v) is 6.75. The summed E-state index contributed by atoms with van der Waals surface area (Å²) in [5, 5.41) is 12.5. The van der Waals surface area contributed by atoms with E-state index in [0.29, 0.717) is 11.5 Å². The number of benzene rings is 1. The van der Waals surface area contributed by atoms with Crippen LogP contribution >= 0.6 is 12.4 Å². The van der Waals surface area contributed by atoms with Crippen LogP contribution in [0, 0.1) is 16.7 Å². The van der Waals surface area contributed by atoms with E-state index >= 15 is 0 Å². The summed E-state index contributed by atoms with van der Waals surface area (Å²) in [4.78, 5) is 15.1. The molecule has 2 heterocycles. The molecule has 0 aliphatic carbocycles. The molecule has 0 bridgehead atoms. The Hall–Kier alpha value is -1.57. The van der Waals surface area contributed by atoms with Crippen LogP contribution in [0.1, 0.15) is 43.7 Å². The average molecular weight is 334 g/mol. The van der Waals surface area contributed by atoms with Crippen LogP contribution < -0.4 is 5.32 Å². The fourth-order valence-corrected chi connectivity index (χ4v) is 4.02. The number of hydrogen-bond donors (Lipinski definition) is 1. The monoisotopic (exact) mass is 333 g/mol. The van der Waals surface area contributed by atoms with Crippen LogP contribution in [-0.4, -0.2) is 36.5 Å². The van der Waals surface area contributed by atoms with E-state index in [1.807, 2.05) is 23.1 Å². The molecule has 1 atom stereocenters. The largest absolute Gasteiger partial charge is 0.339 e. The van der Waals surface area contributed by atoms with Gasteiger partial charge in [-0.05, 0) is 57.5 Å². The maximum Gasteiger partial charge on any atom is 0.229 e. The lowest BCUT2D eigenvalue weighted by molar-refractivity contribution is -0.139. The predicted molar refractivity (Wildman–Crippen MR) is 92.5 cm³/mol. The van der Waals surface area contributed by atoms with Crippen molar-refractivity contribution in [2.45, 2.75) is 38.6 Å². The molecular weight excluding hydrogens is 310 g/mol. The van der Waals surface area contributed by atoms with E-state index in [2.05, 4.69) is 31.3 Å². The molecule has 1 aromatic rings. The molecule has 2 aliphatic heterocycles. The molecule has 1 aromatic carbocycles. The van der Waals surface area contributed by atoms with Gasteiger partial charge in [-0.3, -0.25) is 4.79 Å². The fraction of sp³-hybridized carbons (Fsp3) is 0.556. The first-order chi connectivity index (χ1) is 10.6. The molecule has 23 heavy (non-hydrogen) atoms. The summed E-state index contributed by atoms with van der Waals surface area (Å²) < 4.78 is 0. The van der Waals surface area contributed by atoms with Crippen LogP contribution in [0.5, 0.6) is 0 Å². The quantitative estimate of drug-likeness (QED) is 0.905. The number of likely N-dealkylation sites (tertiary alicyclic amines) is 1. The molecule has 1 amide bonds. The summed E-state index contributed by atoms with van der Waals surface area (Å²) in [5.41, 5.74) is 1.53. The van der Waals surface area contributed by atoms with Crippen molar-refractivity contribution in [3.05, 3.63) is 35.4 Å². The molecule has 4 nitrogen and oxygen atoms in total. The van der Waals surface area contributed by atoms with Crippen molar-refractivity contribution in [1.29, 1.82) is 5.26 Å². The Morgan fingerprint density at radius 1 is 1.35 bits per heavy atom. The van der Waals surface area contributed by atoms with Crippen molar-refractivity contribution >= 4 is 18.3 Å². The van der Waals surface area contributed by atoms with Gasteiger partial charge in [0, 0.05) is 18.5 Å². The zero-order valence-corrected chi connectivity index (χ0v) is 14.5. The fourth-order valence-electron chi connectivity index (χ4n) is 4.02. The second-order valence-electron chi connectivity index (χ2n) is 6.75. The Morgan fingerprint density at radius 2 is 2.04 bits per heavy atom. The lowest BCUT2D eigenvalue weighted by Crippen LogP contribution is -2.45. The van der Waals surface area contributed by atoms with Gasteiger partial charge in [-0.1, -0.05) is 12.1 Å². The lowest BCUT2D eigenvalue weighted by Gasteiger charge is -2.37. The van der Waals surface area contributed by atoms with E-state index in [1.54, 1.807) is 0 Å². The van der Waals surface area contributed by atoms with Gasteiger partial charge in [-0.25, -0.2) is 0 Å². The molecule has 5 heteroatoms. The van der Waals surface area contributed by atoms with Gasteiger partial charge in [0.2, 0.25) is 5.91 Å². The maximum atomic E-state index is 13.1. The van der Waals surface area contributed by atoms with E-state index in [-0.39, 0.29) is 29.8 Å². The van der Waals surface area contributed by atoms with Crippen LogP contribution in [0.3, 0.4) is 0 Å². The van der Waals surface area contributed by atoms with Gasteiger partial charge in [-0.15, -0.1) is 12.4 Å². The standard InChI is InChI=1S/C18H23N3O.ClH/c1-13(2)21-12-16(15-5-3-4-14(10-15)11-19)18(17(21)22)6-8-20-9-7-18;/h3-5,10,13,16,20H,6-9,12H2,1-2H3;1H. The molecule has 1 unspecified atom stereocenters. The Kier molecular flexibility index (Phi) is 5.33. The number of piperidine rings is 1. The third kappa shape index (κ3) is 2.96. The van der Waals surface area contributed by atoms with Crippen molar-refractivity contribution in [1.82, 2.24) is 10.2 Å². The topological polar surface area (TPSA) is 56.1 Å². The van der Waals surface area contributed by atoms with Gasteiger partial charge >= 0.3 is 0 Å². The molecule has 0 aromatic heterocycles. The third-order valence-corrected chi connectivity index (χ3v) is 5.27. The Labute approximate surface area is 144 Å². The Balaban J connectivity index is 0.00000192. The first-order valence-electron chi connectivity index (χ1n) is 8.10. The minimum absolute atomic E-state index is 0. The average Bonchev–Trinajstić information content (AvgIpc) is 2.81. The molecule has 2 saturated heterocycles. The zero-order valence-electron chi connectivity index (χ0n) is 13.7. The van der Waals surface area contributed by atoms with Gasteiger partial charge in [0.1, 0.15) is 0 Å².